The van der Waals surface area contributed by atoms with E-state index >= 15 is 0 Å². The van der Waals surface area contributed by atoms with Crippen LogP contribution >= 0.6 is 15.9 Å². The zero-order valence-corrected chi connectivity index (χ0v) is 13.4. The minimum absolute atomic E-state index is 0.0669. The molecule has 0 aromatic heterocycles. The van der Waals surface area contributed by atoms with Gasteiger partial charge in [-0.2, -0.15) is 0 Å². The van der Waals surface area contributed by atoms with Gasteiger partial charge in [-0.25, -0.2) is 0 Å². The monoisotopic (exact) mass is 338 g/mol. The highest BCUT2D eigenvalue weighted by Gasteiger charge is 2.32. The number of carbonyl (C=O) groups is 2. The molecule has 1 aromatic carbocycles. The van der Waals surface area contributed by atoms with E-state index in [1.54, 1.807) is 11.9 Å². The van der Waals surface area contributed by atoms with Crippen molar-refractivity contribution in [3.05, 3.63) is 33.8 Å². The molecule has 4 nitrogen and oxygen atoms in total. The predicted molar refractivity (Wildman–Crippen MR) is 81.6 cm³/mol. The van der Waals surface area contributed by atoms with Crippen LogP contribution in [0, 0.1) is 6.92 Å². The fraction of sp³-hybridized carbons (Fsp3) is 0.467. The summed E-state index contributed by atoms with van der Waals surface area (Å²) < 4.78 is 0.884. The maximum atomic E-state index is 12.7. The number of benzene rings is 1. The van der Waals surface area contributed by atoms with Gasteiger partial charge in [0.2, 0.25) is 5.91 Å². The molecule has 0 saturated carbocycles. The van der Waals surface area contributed by atoms with E-state index in [9.17, 15) is 9.59 Å². The zero-order chi connectivity index (χ0) is 14.7. The SMILES string of the molecule is CNC(=O)C1CCCCN1C(=O)c1cc(C)cc(Br)c1. The van der Waals surface area contributed by atoms with Crippen molar-refractivity contribution in [3.63, 3.8) is 0 Å². The van der Waals surface area contributed by atoms with Gasteiger partial charge in [-0.3, -0.25) is 9.59 Å². The number of nitrogens with one attached hydrogen (secondary N) is 1. The first-order chi connectivity index (χ1) is 9.52. The summed E-state index contributed by atoms with van der Waals surface area (Å²) >= 11 is 3.41. The highest BCUT2D eigenvalue weighted by Crippen LogP contribution is 2.22. The highest BCUT2D eigenvalue weighted by atomic mass is 79.9. The van der Waals surface area contributed by atoms with Gasteiger partial charge in [0.15, 0.2) is 0 Å². The molecule has 5 heteroatoms. The third kappa shape index (κ3) is 3.20. The van der Waals surface area contributed by atoms with Crippen LogP contribution in [0.5, 0.6) is 0 Å². The summed E-state index contributed by atoms with van der Waals surface area (Å²) in [6, 6.07) is 5.29. The number of nitrogens with zero attached hydrogens (tertiary/aromatic N) is 1. The molecule has 0 spiro atoms. The molecule has 1 aromatic rings. The van der Waals surface area contributed by atoms with Crippen LogP contribution in [0.3, 0.4) is 0 Å². The largest absolute Gasteiger partial charge is 0.357 e. The summed E-state index contributed by atoms with van der Waals surface area (Å²) in [4.78, 5) is 26.3. The van der Waals surface area contributed by atoms with Crippen LogP contribution in [0.4, 0.5) is 0 Å². The van der Waals surface area contributed by atoms with Gasteiger partial charge in [0.25, 0.3) is 5.91 Å². The Bertz CT molecular complexity index is 510. The minimum Gasteiger partial charge on any atom is -0.357 e. The summed E-state index contributed by atoms with van der Waals surface area (Å²) in [6.07, 6.45) is 2.67. The van der Waals surface area contributed by atoms with Crippen molar-refractivity contribution >= 4 is 27.7 Å². The second kappa shape index (κ2) is 6.39. The van der Waals surface area contributed by atoms with Crippen LogP contribution in [-0.4, -0.2) is 36.3 Å². The molecular weight excluding hydrogens is 320 g/mol. The number of aryl methyl sites for hydroxylation is 1. The van der Waals surface area contributed by atoms with E-state index < -0.39 is 0 Å². The maximum Gasteiger partial charge on any atom is 0.254 e. The Kier molecular flexibility index (Phi) is 4.81. The molecule has 1 unspecified atom stereocenters. The van der Waals surface area contributed by atoms with Gasteiger partial charge in [-0.05, 0) is 49.9 Å². The van der Waals surface area contributed by atoms with E-state index in [1.165, 1.54) is 0 Å². The molecule has 1 aliphatic heterocycles. The van der Waals surface area contributed by atoms with Crippen molar-refractivity contribution in [1.29, 1.82) is 0 Å². The van der Waals surface area contributed by atoms with E-state index in [-0.39, 0.29) is 17.9 Å². The molecule has 1 heterocycles. The lowest BCUT2D eigenvalue weighted by molar-refractivity contribution is -0.126. The van der Waals surface area contributed by atoms with E-state index in [4.69, 9.17) is 0 Å². The van der Waals surface area contributed by atoms with Gasteiger partial charge in [-0.15, -0.1) is 0 Å². The van der Waals surface area contributed by atoms with Crippen molar-refractivity contribution in [2.45, 2.75) is 32.2 Å². The van der Waals surface area contributed by atoms with Crippen LogP contribution in [0.1, 0.15) is 35.2 Å². The van der Waals surface area contributed by atoms with Gasteiger partial charge in [0, 0.05) is 23.6 Å². The highest BCUT2D eigenvalue weighted by molar-refractivity contribution is 9.10. The number of likely N-dealkylation sites (tertiary alicyclic amines) is 1. The van der Waals surface area contributed by atoms with Crippen molar-refractivity contribution in [2.75, 3.05) is 13.6 Å². The van der Waals surface area contributed by atoms with Gasteiger partial charge >= 0.3 is 0 Å². The molecule has 1 saturated heterocycles. The number of carbonyl (C=O) groups excluding carboxylic acids is 2. The second-order valence-corrected chi connectivity index (χ2v) is 6.06. The molecule has 1 aliphatic rings. The fourth-order valence-electron chi connectivity index (χ4n) is 2.64. The third-order valence-electron chi connectivity index (χ3n) is 3.60. The van der Waals surface area contributed by atoms with Crippen LogP contribution in [-0.2, 0) is 4.79 Å². The predicted octanol–water partition coefficient (Wildman–Crippen LogP) is 2.50. The van der Waals surface area contributed by atoms with E-state index in [0.717, 1.165) is 29.3 Å². The molecule has 0 aliphatic carbocycles. The molecular formula is C15H19BrN2O2. The Morgan fingerprint density at radius 2 is 2.05 bits per heavy atom. The number of hydrogen-bond acceptors (Lipinski definition) is 2. The fourth-order valence-corrected chi connectivity index (χ4v) is 3.25. The summed E-state index contributed by atoms with van der Waals surface area (Å²) in [6.45, 7) is 2.59. The number of halogens is 1. The molecule has 20 heavy (non-hydrogen) atoms. The van der Waals surface area contributed by atoms with Gasteiger partial charge in [0.05, 0.1) is 0 Å². The first-order valence-electron chi connectivity index (χ1n) is 6.82. The van der Waals surface area contributed by atoms with Gasteiger partial charge < -0.3 is 10.2 Å². The van der Waals surface area contributed by atoms with E-state index in [2.05, 4.69) is 21.2 Å². The van der Waals surface area contributed by atoms with Crippen molar-refractivity contribution in [1.82, 2.24) is 10.2 Å². The van der Waals surface area contributed by atoms with Crippen molar-refractivity contribution < 1.29 is 9.59 Å². The molecule has 2 amide bonds. The first-order valence-corrected chi connectivity index (χ1v) is 7.62. The lowest BCUT2D eigenvalue weighted by atomic mass is 9.99. The van der Waals surface area contributed by atoms with E-state index in [0.29, 0.717) is 12.1 Å². The Balaban J connectivity index is 2.27. The average Bonchev–Trinajstić information content (AvgIpc) is 2.44. The summed E-state index contributed by atoms with van der Waals surface area (Å²) in [7, 11) is 1.61. The lowest BCUT2D eigenvalue weighted by Gasteiger charge is -2.34. The topological polar surface area (TPSA) is 49.4 Å². The molecule has 0 radical (unpaired) electrons. The smallest absolute Gasteiger partial charge is 0.254 e. The van der Waals surface area contributed by atoms with Crippen LogP contribution in [0.15, 0.2) is 22.7 Å². The van der Waals surface area contributed by atoms with Crippen molar-refractivity contribution in [2.24, 2.45) is 0 Å². The second-order valence-electron chi connectivity index (χ2n) is 5.14. The summed E-state index contributed by atoms with van der Waals surface area (Å²) in [5.74, 6) is -0.146. The maximum absolute atomic E-state index is 12.7. The third-order valence-corrected chi connectivity index (χ3v) is 4.06. The normalized spacial score (nSPS) is 18.8. The van der Waals surface area contributed by atoms with Crippen molar-refractivity contribution in [3.8, 4) is 0 Å². The number of piperidine rings is 1. The molecule has 1 N–H and O–H groups in total. The van der Waals surface area contributed by atoms with Crippen LogP contribution in [0.2, 0.25) is 0 Å². The van der Waals surface area contributed by atoms with Gasteiger partial charge in [0.1, 0.15) is 6.04 Å². The van der Waals surface area contributed by atoms with Crippen LogP contribution in [0.25, 0.3) is 0 Å². The molecule has 0 bridgehead atoms. The van der Waals surface area contributed by atoms with E-state index in [1.807, 2.05) is 25.1 Å². The standard InChI is InChI=1S/C15H19BrN2O2/c1-10-7-11(9-12(16)8-10)15(20)18-6-4-3-5-13(18)14(19)17-2/h7-9,13H,3-6H2,1-2H3,(H,17,19). The number of rotatable bonds is 2. The summed E-state index contributed by atoms with van der Waals surface area (Å²) in [5.41, 5.74) is 1.66. The van der Waals surface area contributed by atoms with Crippen LogP contribution < -0.4 is 5.32 Å². The number of hydrogen-bond donors (Lipinski definition) is 1. The Labute approximate surface area is 127 Å². The molecule has 1 fully saturated rings. The average molecular weight is 339 g/mol. The first kappa shape index (κ1) is 15.0. The molecule has 108 valence electrons. The summed E-state index contributed by atoms with van der Waals surface area (Å²) in [5, 5.41) is 2.65. The molecule has 1 atom stereocenters. The lowest BCUT2D eigenvalue weighted by Crippen LogP contribution is -2.51. The number of likely N-dealkylation sites (N-methyl/N-ethyl adjacent to an activating group) is 1. The Hall–Kier alpha value is -1.36. The minimum atomic E-state index is -0.347. The number of amides is 2. The Morgan fingerprint density at radius 1 is 1.30 bits per heavy atom. The quantitative estimate of drug-likeness (QED) is 0.900. The Morgan fingerprint density at radius 3 is 2.70 bits per heavy atom. The zero-order valence-electron chi connectivity index (χ0n) is 11.8. The van der Waals surface area contributed by atoms with Gasteiger partial charge in [-0.1, -0.05) is 15.9 Å². The molecule has 2 rings (SSSR count).